The molecule has 5 nitrogen and oxygen atoms in total. The highest BCUT2D eigenvalue weighted by molar-refractivity contribution is 7.46. The van der Waals surface area contributed by atoms with E-state index < -0.39 is 7.82 Å². The van der Waals surface area contributed by atoms with Crippen molar-refractivity contribution in [1.82, 2.24) is 5.32 Å². The average Bonchev–Trinajstić information content (AvgIpc) is 2.80. The molecule has 0 saturated carbocycles. The number of hydrogen-bond donors (Lipinski definition) is 3. The second-order valence-corrected chi connectivity index (χ2v) is 11.0. The number of unbranched alkanes of at least 4 members (excludes halogenated alkanes) is 19. The van der Waals surface area contributed by atoms with Crippen molar-refractivity contribution in [2.75, 3.05) is 19.7 Å². The lowest BCUT2D eigenvalue weighted by Crippen LogP contribution is -2.16. The Hall–Kier alpha value is 0.0700. The van der Waals surface area contributed by atoms with E-state index in [-0.39, 0.29) is 6.61 Å². The highest BCUT2D eigenvalue weighted by atomic mass is 31.2. The molecule has 0 amide bonds. The van der Waals surface area contributed by atoms with E-state index in [9.17, 15) is 4.57 Å². The number of nitrogens with one attached hydrogen (secondary N) is 1. The van der Waals surface area contributed by atoms with E-state index in [1.807, 2.05) is 0 Å². The molecule has 0 aliphatic carbocycles. The first-order valence-electron chi connectivity index (χ1n) is 14.9. The minimum absolute atomic E-state index is 0.167. The van der Waals surface area contributed by atoms with Crippen molar-refractivity contribution in [3.8, 4) is 0 Å². The van der Waals surface area contributed by atoms with Crippen molar-refractivity contribution < 1.29 is 18.9 Å². The van der Waals surface area contributed by atoms with Gasteiger partial charge in [-0.05, 0) is 32.4 Å². The molecule has 0 aromatic rings. The van der Waals surface area contributed by atoms with Crippen molar-refractivity contribution in [2.24, 2.45) is 0 Å². The lowest BCUT2D eigenvalue weighted by Gasteiger charge is -2.05. The Morgan fingerprint density at radius 3 is 1.12 bits per heavy atom. The van der Waals surface area contributed by atoms with E-state index in [0.717, 1.165) is 19.3 Å². The molecule has 0 radical (unpaired) electrons. The number of hydrogen-bond acceptors (Lipinski definition) is 3. The monoisotopic (exact) mass is 507 g/mol. The van der Waals surface area contributed by atoms with Crippen LogP contribution in [0, 0.1) is 0 Å². The Morgan fingerprint density at radius 2 is 0.794 bits per heavy atom. The Bertz CT molecular complexity index is 390. The summed E-state index contributed by atoms with van der Waals surface area (Å²) in [4.78, 5) is 16.9. The summed E-state index contributed by atoms with van der Waals surface area (Å²) < 4.78 is 14.7. The molecule has 6 heteroatoms. The fraction of sp³-hybridized carbons (Fsp3) is 1.00. The van der Waals surface area contributed by atoms with Crippen molar-refractivity contribution in [3.63, 3.8) is 0 Å². The van der Waals surface area contributed by atoms with E-state index in [2.05, 4.69) is 30.6 Å². The summed E-state index contributed by atoms with van der Waals surface area (Å²) in [6, 6.07) is 0. The maximum atomic E-state index is 10.4. The van der Waals surface area contributed by atoms with Crippen LogP contribution in [0.3, 0.4) is 0 Å². The van der Waals surface area contributed by atoms with Gasteiger partial charge in [0.05, 0.1) is 6.61 Å². The van der Waals surface area contributed by atoms with Gasteiger partial charge >= 0.3 is 7.82 Å². The third kappa shape index (κ3) is 39.3. The SMILES string of the molecule is CCCCCCCCCCCCOP(=O)(O)O.CCCCCCCCNCCCCCCCC. The van der Waals surface area contributed by atoms with Gasteiger partial charge in [0.15, 0.2) is 0 Å². The van der Waals surface area contributed by atoms with Crippen molar-refractivity contribution >= 4 is 7.82 Å². The molecule has 0 bridgehead atoms. The highest BCUT2D eigenvalue weighted by Crippen LogP contribution is 2.35. The first-order chi connectivity index (χ1) is 16.5. The fourth-order valence-corrected chi connectivity index (χ4v) is 4.33. The second-order valence-electron chi connectivity index (χ2n) is 9.79. The third-order valence-corrected chi connectivity index (χ3v) is 6.69. The molecule has 208 valence electrons. The molecule has 0 heterocycles. The molecule has 0 spiro atoms. The minimum atomic E-state index is -4.24. The molecule has 0 fully saturated rings. The molecule has 0 atom stereocenters. The van der Waals surface area contributed by atoms with Gasteiger partial charge in [0.25, 0.3) is 0 Å². The largest absolute Gasteiger partial charge is 0.469 e. The third-order valence-electron chi connectivity index (χ3n) is 6.17. The molecule has 0 aromatic carbocycles. The van der Waals surface area contributed by atoms with Gasteiger partial charge < -0.3 is 15.1 Å². The lowest BCUT2D eigenvalue weighted by atomic mass is 10.1. The van der Waals surface area contributed by atoms with Crippen molar-refractivity contribution in [3.05, 3.63) is 0 Å². The number of phosphoric acid groups is 1. The molecule has 0 aromatic heterocycles. The summed E-state index contributed by atoms with van der Waals surface area (Å²) in [5.41, 5.74) is 0. The fourth-order valence-electron chi connectivity index (χ4n) is 3.96. The predicted octanol–water partition coefficient (Wildman–Crippen LogP) is 9.31. The molecular weight excluding hydrogens is 445 g/mol. The summed E-state index contributed by atoms with van der Waals surface area (Å²) >= 11 is 0. The Labute approximate surface area is 213 Å². The molecule has 0 rings (SSSR count). The van der Waals surface area contributed by atoms with Crippen LogP contribution in [-0.4, -0.2) is 29.5 Å². The van der Waals surface area contributed by atoms with Crippen LogP contribution >= 0.6 is 7.82 Å². The van der Waals surface area contributed by atoms with Crippen LogP contribution in [0.1, 0.15) is 162 Å². The minimum Gasteiger partial charge on any atom is -0.317 e. The number of rotatable bonds is 26. The number of phosphoric ester groups is 1. The van der Waals surface area contributed by atoms with E-state index in [4.69, 9.17) is 9.79 Å². The van der Waals surface area contributed by atoms with Crippen LogP contribution in [0.15, 0.2) is 0 Å². The first-order valence-corrected chi connectivity index (χ1v) is 16.4. The van der Waals surface area contributed by atoms with Crippen molar-refractivity contribution in [2.45, 2.75) is 162 Å². The van der Waals surface area contributed by atoms with Crippen LogP contribution in [0.4, 0.5) is 0 Å². The van der Waals surface area contributed by atoms with Crippen LogP contribution in [0.2, 0.25) is 0 Å². The predicted molar refractivity (Wildman–Crippen MR) is 149 cm³/mol. The zero-order valence-electron chi connectivity index (χ0n) is 23.3. The second kappa shape index (κ2) is 31.1. The standard InChI is InChI=1S/C16H35N.C12H27O4P/c1-3-5-7-9-11-13-15-17-16-14-12-10-8-6-4-2;1-2-3-4-5-6-7-8-9-10-11-12-16-17(13,14)15/h17H,3-16H2,1-2H3;2-12H2,1H3,(H2,13,14,15). The van der Waals surface area contributed by atoms with E-state index in [1.54, 1.807) is 0 Å². The Kier molecular flexibility index (Phi) is 33.1. The van der Waals surface area contributed by atoms with E-state index in [1.165, 1.54) is 135 Å². The summed E-state index contributed by atoms with van der Waals surface area (Å²) in [6.45, 7) is 9.42. The van der Waals surface area contributed by atoms with Gasteiger partial charge in [0.1, 0.15) is 0 Å². The van der Waals surface area contributed by atoms with E-state index >= 15 is 0 Å². The summed E-state index contributed by atoms with van der Waals surface area (Å²) in [7, 11) is -4.24. The smallest absolute Gasteiger partial charge is 0.317 e. The van der Waals surface area contributed by atoms with Gasteiger partial charge in [-0.3, -0.25) is 4.52 Å². The maximum Gasteiger partial charge on any atom is 0.469 e. The van der Waals surface area contributed by atoms with Crippen LogP contribution < -0.4 is 5.32 Å². The molecule has 3 N–H and O–H groups in total. The van der Waals surface area contributed by atoms with Crippen molar-refractivity contribution in [1.29, 1.82) is 0 Å². The first kappa shape index (κ1) is 36.2. The average molecular weight is 508 g/mol. The molecule has 0 saturated heterocycles. The highest BCUT2D eigenvalue weighted by Gasteiger charge is 2.12. The molecule has 0 unspecified atom stereocenters. The van der Waals surface area contributed by atoms with Gasteiger partial charge in [0.2, 0.25) is 0 Å². The van der Waals surface area contributed by atoms with Crippen LogP contribution in [0.5, 0.6) is 0 Å². The zero-order valence-corrected chi connectivity index (χ0v) is 24.2. The molecule has 0 aliphatic heterocycles. The summed E-state index contributed by atoms with van der Waals surface area (Å²) in [5, 5.41) is 3.57. The van der Waals surface area contributed by atoms with Gasteiger partial charge in [0, 0.05) is 0 Å². The maximum absolute atomic E-state index is 10.4. The summed E-state index contributed by atoms with van der Waals surface area (Å²) in [5.74, 6) is 0. The molecule has 0 aliphatic rings. The molecular formula is C28H62NO4P. The van der Waals surface area contributed by atoms with Crippen LogP contribution in [-0.2, 0) is 9.09 Å². The quantitative estimate of drug-likeness (QED) is 0.0803. The Balaban J connectivity index is 0. The van der Waals surface area contributed by atoms with Gasteiger partial charge in [-0.25, -0.2) is 4.57 Å². The summed E-state index contributed by atoms with van der Waals surface area (Å²) in [6.07, 6.45) is 28.9. The normalized spacial score (nSPS) is 11.4. The van der Waals surface area contributed by atoms with Gasteiger partial charge in [-0.1, -0.05) is 143 Å². The lowest BCUT2D eigenvalue weighted by molar-refractivity contribution is 0.193. The van der Waals surface area contributed by atoms with Crippen LogP contribution in [0.25, 0.3) is 0 Å². The topological polar surface area (TPSA) is 78.8 Å². The van der Waals surface area contributed by atoms with Gasteiger partial charge in [-0.2, -0.15) is 0 Å². The van der Waals surface area contributed by atoms with Gasteiger partial charge in [-0.15, -0.1) is 0 Å². The van der Waals surface area contributed by atoms with E-state index in [0.29, 0.717) is 0 Å². The Morgan fingerprint density at radius 1 is 0.500 bits per heavy atom. The zero-order chi connectivity index (χ0) is 25.6. The molecule has 34 heavy (non-hydrogen) atoms.